The number of aryl methyl sites for hydroxylation is 2. The molecule has 2 aromatic rings. The molecule has 1 aromatic heterocycles. The molecular formula is C22H22N4O3. The maximum absolute atomic E-state index is 11.4. The molecule has 148 valence electrons. The molecule has 0 aliphatic carbocycles. The van der Waals surface area contributed by atoms with Crippen LogP contribution in [0.5, 0.6) is 0 Å². The van der Waals surface area contributed by atoms with Crippen LogP contribution in [0, 0.1) is 35.8 Å². The minimum absolute atomic E-state index is 0.0416. The maximum atomic E-state index is 11.4. The Labute approximate surface area is 169 Å². The second-order valence-electron chi connectivity index (χ2n) is 7.59. The van der Waals surface area contributed by atoms with Gasteiger partial charge in [-0.3, -0.25) is 10.1 Å². The molecule has 29 heavy (non-hydrogen) atoms. The zero-order valence-corrected chi connectivity index (χ0v) is 16.5. The molecule has 3 heterocycles. The number of piperidine rings is 1. The monoisotopic (exact) mass is 390 g/mol. The molecule has 0 saturated carbocycles. The Bertz CT molecular complexity index is 1040. The first-order valence-electron chi connectivity index (χ1n) is 9.65. The quantitative estimate of drug-likeness (QED) is 0.443. The van der Waals surface area contributed by atoms with Crippen molar-refractivity contribution in [3.63, 3.8) is 0 Å². The molecule has 1 fully saturated rings. The summed E-state index contributed by atoms with van der Waals surface area (Å²) in [7, 11) is 0. The van der Waals surface area contributed by atoms with Crippen molar-refractivity contribution in [1.82, 2.24) is 4.98 Å². The highest BCUT2D eigenvalue weighted by Gasteiger charge is 2.42. The summed E-state index contributed by atoms with van der Waals surface area (Å²) in [6.45, 7) is 5.13. The van der Waals surface area contributed by atoms with E-state index in [1.54, 1.807) is 6.07 Å². The van der Waals surface area contributed by atoms with Crippen LogP contribution in [0.2, 0.25) is 0 Å². The molecular weight excluding hydrogens is 368 g/mol. The van der Waals surface area contributed by atoms with E-state index in [2.05, 4.69) is 22.0 Å². The van der Waals surface area contributed by atoms with E-state index in [0.29, 0.717) is 25.3 Å². The number of aromatic nitrogens is 1. The lowest BCUT2D eigenvalue weighted by atomic mass is 9.87. The highest BCUT2D eigenvalue weighted by Crippen LogP contribution is 2.37. The highest BCUT2D eigenvalue weighted by molar-refractivity contribution is 6.02. The van der Waals surface area contributed by atoms with Crippen LogP contribution in [-0.4, -0.2) is 34.3 Å². The molecule has 1 aromatic carbocycles. The molecule has 7 nitrogen and oxygen atoms in total. The van der Waals surface area contributed by atoms with Gasteiger partial charge in [0.2, 0.25) is 5.82 Å². The first kappa shape index (κ1) is 18.9. The summed E-state index contributed by atoms with van der Waals surface area (Å²) < 4.78 is 0. The number of anilines is 1. The Hall–Kier alpha value is -3.40. The van der Waals surface area contributed by atoms with Crippen LogP contribution in [-0.2, 0) is 4.84 Å². The van der Waals surface area contributed by atoms with Gasteiger partial charge in [0.1, 0.15) is 11.3 Å². The van der Waals surface area contributed by atoms with Crippen molar-refractivity contribution in [1.29, 1.82) is 0 Å². The smallest absolute Gasteiger partial charge is 0.311 e. The van der Waals surface area contributed by atoms with Gasteiger partial charge in [-0.25, -0.2) is 4.98 Å². The average Bonchev–Trinajstić information content (AvgIpc) is 3.10. The second kappa shape index (κ2) is 7.55. The van der Waals surface area contributed by atoms with Gasteiger partial charge < -0.3 is 9.74 Å². The Morgan fingerprint density at radius 2 is 1.90 bits per heavy atom. The van der Waals surface area contributed by atoms with E-state index in [1.807, 2.05) is 43.0 Å². The molecule has 0 unspecified atom stereocenters. The fraction of sp³-hybridized carbons (Fsp3) is 0.364. The Morgan fingerprint density at radius 1 is 1.14 bits per heavy atom. The van der Waals surface area contributed by atoms with Crippen molar-refractivity contribution in [3.8, 4) is 11.8 Å². The fourth-order valence-corrected chi connectivity index (χ4v) is 3.75. The van der Waals surface area contributed by atoms with Crippen LogP contribution in [0.1, 0.15) is 36.1 Å². The van der Waals surface area contributed by atoms with Crippen molar-refractivity contribution in [2.75, 3.05) is 18.0 Å². The molecule has 4 rings (SSSR count). The molecule has 7 heteroatoms. The van der Waals surface area contributed by atoms with E-state index in [9.17, 15) is 10.1 Å². The van der Waals surface area contributed by atoms with Gasteiger partial charge in [0.15, 0.2) is 0 Å². The molecule has 0 radical (unpaired) electrons. The lowest BCUT2D eigenvalue weighted by Gasteiger charge is -2.37. The van der Waals surface area contributed by atoms with Crippen LogP contribution in [0.3, 0.4) is 0 Å². The van der Waals surface area contributed by atoms with Gasteiger partial charge >= 0.3 is 5.69 Å². The molecule has 0 bridgehead atoms. The summed E-state index contributed by atoms with van der Waals surface area (Å²) in [5.41, 5.74) is 3.31. The minimum atomic E-state index is -0.374. The number of benzene rings is 1. The summed E-state index contributed by atoms with van der Waals surface area (Å²) in [5, 5.41) is 15.6. The third-order valence-corrected chi connectivity index (χ3v) is 5.49. The summed E-state index contributed by atoms with van der Waals surface area (Å²) in [6.07, 6.45) is 2.11. The van der Waals surface area contributed by atoms with E-state index < -0.39 is 0 Å². The summed E-state index contributed by atoms with van der Waals surface area (Å²) in [5.74, 6) is 6.76. The normalized spacial score (nSPS) is 17.3. The second-order valence-corrected chi connectivity index (χ2v) is 7.59. The number of nitrogens with zero attached hydrogens (tertiary/aromatic N) is 4. The van der Waals surface area contributed by atoms with E-state index in [4.69, 9.17) is 4.84 Å². The van der Waals surface area contributed by atoms with Crippen LogP contribution in [0.4, 0.5) is 11.5 Å². The molecule has 2 aliphatic rings. The predicted octanol–water partition coefficient (Wildman–Crippen LogP) is 3.77. The largest absolute Gasteiger partial charge is 0.388 e. The van der Waals surface area contributed by atoms with Gasteiger partial charge in [-0.15, -0.1) is 0 Å². The molecule has 0 atom stereocenters. The third kappa shape index (κ3) is 3.92. The topological polar surface area (TPSA) is 80.9 Å². The molecule has 1 spiro atoms. The lowest BCUT2D eigenvalue weighted by Crippen LogP contribution is -2.45. The van der Waals surface area contributed by atoms with Crippen LogP contribution >= 0.6 is 0 Å². The fourth-order valence-electron chi connectivity index (χ4n) is 3.75. The van der Waals surface area contributed by atoms with E-state index in [1.165, 1.54) is 6.07 Å². The van der Waals surface area contributed by atoms with Crippen molar-refractivity contribution < 1.29 is 9.76 Å². The number of hydrogen-bond donors (Lipinski definition) is 0. The summed E-state index contributed by atoms with van der Waals surface area (Å²) >= 11 is 0. The zero-order valence-electron chi connectivity index (χ0n) is 16.5. The van der Waals surface area contributed by atoms with Crippen LogP contribution in [0.25, 0.3) is 0 Å². The van der Waals surface area contributed by atoms with Gasteiger partial charge in [0, 0.05) is 49.7 Å². The Kier molecular flexibility index (Phi) is 4.93. The van der Waals surface area contributed by atoms with Gasteiger partial charge in [-0.1, -0.05) is 29.3 Å². The van der Waals surface area contributed by atoms with Gasteiger partial charge in [0.05, 0.1) is 4.92 Å². The molecule has 2 aliphatic heterocycles. The molecule has 0 N–H and O–H groups in total. The van der Waals surface area contributed by atoms with Crippen LogP contribution < -0.4 is 4.90 Å². The van der Waals surface area contributed by atoms with Crippen molar-refractivity contribution in [3.05, 3.63) is 63.3 Å². The number of rotatable bonds is 2. The summed E-state index contributed by atoms with van der Waals surface area (Å²) in [6, 6.07) is 11.2. The average molecular weight is 390 g/mol. The first-order valence-corrected chi connectivity index (χ1v) is 9.65. The van der Waals surface area contributed by atoms with E-state index in [0.717, 1.165) is 35.4 Å². The van der Waals surface area contributed by atoms with Crippen molar-refractivity contribution >= 4 is 17.2 Å². The van der Waals surface area contributed by atoms with Gasteiger partial charge in [-0.2, -0.15) is 0 Å². The van der Waals surface area contributed by atoms with Crippen molar-refractivity contribution in [2.24, 2.45) is 5.16 Å². The standard InChI is InChI=1S/C22H22N4O3/c1-16-5-3-4-6-18(16)8-9-19-15-22(29-24-19)11-13-25(14-12-22)21-20(26(27)28)10-7-17(2)23-21/h3-7,10H,11-15H2,1-2H3. The summed E-state index contributed by atoms with van der Waals surface area (Å²) in [4.78, 5) is 23.2. The first-order chi connectivity index (χ1) is 14.0. The van der Waals surface area contributed by atoms with Crippen molar-refractivity contribution in [2.45, 2.75) is 38.7 Å². The minimum Gasteiger partial charge on any atom is -0.388 e. The number of hydrogen-bond acceptors (Lipinski definition) is 6. The van der Waals surface area contributed by atoms with E-state index >= 15 is 0 Å². The molecule has 1 saturated heterocycles. The maximum Gasteiger partial charge on any atom is 0.311 e. The highest BCUT2D eigenvalue weighted by atomic mass is 16.7. The molecule has 0 amide bonds. The Balaban J connectivity index is 1.43. The SMILES string of the molecule is Cc1ccc([N+](=O)[O-])c(N2CCC3(CC2)CC(C#Cc2ccccc2C)=NO3)n1. The number of oxime groups is 1. The lowest BCUT2D eigenvalue weighted by molar-refractivity contribution is -0.384. The zero-order chi connectivity index (χ0) is 20.4. The van der Waals surface area contributed by atoms with Crippen LogP contribution in [0.15, 0.2) is 41.6 Å². The van der Waals surface area contributed by atoms with Gasteiger partial charge in [-0.05, 0) is 37.5 Å². The van der Waals surface area contributed by atoms with Gasteiger partial charge in [0.25, 0.3) is 0 Å². The number of nitro groups is 1. The third-order valence-electron chi connectivity index (χ3n) is 5.49. The van der Waals surface area contributed by atoms with E-state index in [-0.39, 0.29) is 16.2 Å². The Morgan fingerprint density at radius 3 is 2.62 bits per heavy atom. The predicted molar refractivity (Wildman–Crippen MR) is 111 cm³/mol. The number of pyridine rings is 1.